The molecule has 20 heavy (non-hydrogen) atoms. The highest BCUT2D eigenvalue weighted by atomic mass is 32.2. The van der Waals surface area contributed by atoms with Crippen LogP contribution in [0.3, 0.4) is 0 Å². The molecule has 0 bridgehead atoms. The number of hydrogen-bond donors (Lipinski definition) is 1. The number of anilines is 1. The van der Waals surface area contributed by atoms with Crippen LogP contribution in [0.5, 0.6) is 0 Å². The molecule has 0 amide bonds. The Hall–Kier alpha value is -1.99. The number of nitrogens with one attached hydrogen (secondary N) is 1. The summed E-state index contributed by atoms with van der Waals surface area (Å²) < 4.78 is 0. The molecule has 0 unspecified atom stereocenters. The quantitative estimate of drug-likeness (QED) is 0.821. The molecule has 4 heteroatoms. The first kappa shape index (κ1) is 14.4. The van der Waals surface area contributed by atoms with Crippen molar-refractivity contribution in [3.8, 4) is 6.07 Å². The fourth-order valence-electron chi connectivity index (χ4n) is 1.96. The molecule has 0 spiro atoms. The minimum Gasteiger partial charge on any atom is -0.384 e. The Morgan fingerprint density at radius 3 is 2.90 bits per heavy atom. The smallest absolute Gasteiger partial charge is 0.102 e. The number of aromatic nitrogens is 1. The van der Waals surface area contributed by atoms with Gasteiger partial charge in [-0.3, -0.25) is 4.98 Å². The molecule has 102 valence electrons. The minimum atomic E-state index is 0.741. The maximum Gasteiger partial charge on any atom is 0.102 e. The lowest BCUT2D eigenvalue weighted by Crippen LogP contribution is -2.06. The number of thioether (sulfide) groups is 1. The predicted octanol–water partition coefficient (Wildman–Crippen LogP) is 3.72. The summed E-state index contributed by atoms with van der Waals surface area (Å²) in [5, 5.41) is 12.7. The second-order valence-electron chi connectivity index (χ2n) is 4.26. The van der Waals surface area contributed by atoms with Gasteiger partial charge in [-0.15, -0.1) is 11.8 Å². The van der Waals surface area contributed by atoms with E-state index in [1.807, 2.05) is 30.5 Å². The lowest BCUT2D eigenvalue weighted by atomic mass is 10.1. The number of pyridine rings is 1. The SMILES string of the molecule is CCSc1cccc(NCCc2cccnc2)c1C#N. The van der Waals surface area contributed by atoms with Crippen LogP contribution in [-0.2, 0) is 6.42 Å². The van der Waals surface area contributed by atoms with Gasteiger partial charge in [-0.1, -0.05) is 19.1 Å². The summed E-state index contributed by atoms with van der Waals surface area (Å²) in [5.74, 6) is 0.966. The van der Waals surface area contributed by atoms with E-state index in [1.165, 1.54) is 5.56 Å². The molecule has 0 saturated carbocycles. The summed E-state index contributed by atoms with van der Waals surface area (Å²) in [6.07, 6.45) is 4.54. The van der Waals surface area contributed by atoms with Crippen LogP contribution in [0.25, 0.3) is 0 Å². The Kier molecular flexibility index (Phi) is 5.45. The van der Waals surface area contributed by atoms with Gasteiger partial charge < -0.3 is 5.32 Å². The van der Waals surface area contributed by atoms with Crippen LogP contribution in [0.4, 0.5) is 5.69 Å². The molecule has 3 nitrogen and oxygen atoms in total. The largest absolute Gasteiger partial charge is 0.384 e. The average molecular weight is 283 g/mol. The third kappa shape index (κ3) is 3.75. The van der Waals surface area contributed by atoms with Gasteiger partial charge in [0.25, 0.3) is 0 Å². The lowest BCUT2D eigenvalue weighted by molar-refractivity contribution is 1.00. The summed E-state index contributed by atoms with van der Waals surface area (Å²) in [6, 6.07) is 12.2. The number of hydrogen-bond acceptors (Lipinski definition) is 4. The summed E-state index contributed by atoms with van der Waals surface area (Å²) >= 11 is 1.70. The van der Waals surface area contributed by atoms with Gasteiger partial charge >= 0.3 is 0 Å². The van der Waals surface area contributed by atoms with Crippen LogP contribution < -0.4 is 5.32 Å². The number of nitrogens with zero attached hydrogens (tertiary/aromatic N) is 2. The van der Waals surface area contributed by atoms with Crippen LogP contribution in [0.1, 0.15) is 18.1 Å². The van der Waals surface area contributed by atoms with E-state index in [2.05, 4.69) is 29.4 Å². The zero-order chi connectivity index (χ0) is 14.2. The monoisotopic (exact) mass is 283 g/mol. The van der Waals surface area contributed by atoms with Gasteiger partial charge in [-0.25, -0.2) is 0 Å². The maximum absolute atomic E-state index is 9.33. The van der Waals surface area contributed by atoms with Crippen LogP contribution in [0.2, 0.25) is 0 Å². The molecule has 0 aliphatic carbocycles. The molecule has 2 rings (SSSR count). The molecule has 0 saturated heterocycles. The van der Waals surface area contributed by atoms with Crippen molar-refractivity contribution in [1.29, 1.82) is 5.26 Å². The van der Waals surface area contributed by atoms with Gasteiger partial charge in [0, 0.05) is 23.8 Å². The van der Waals surface area contributed by atoms with Crippen molar-refractivity contribution in [1.82, 2.24) is 4.98 Å². The second kappa shape index (κ2) is 7.56. The number of rotatable bonds is 6. The molecule has 1 aromatic carbocycles. The zero-order valence-corrected chi connectivity index (χ0v) is 12.3. The van der Waals surface area contributed by atoms with Crippen molar-refractivity contribution in [2.24, 2.45) is 0 Å². The van der Waals surface area contributed by atoms with Gasteiger partial charge in [0.15, 0.2) is 0 Å². The summed E-state index contributed by atoms with van der Waals surface area (Å²) in [7, 11) is 0. The van der Waals surface area contributed by atoms with Crippen molar-refractivity contribution in [2.45, 2.75) is 18.2 Å². The fourth-order valence-corrected chi connectivity index (χ4v) is 2.74. The third-order valence-electron chi connectivity index (χ3n) is 2.89. The van der Waals surface area contributed by atoms with Crippen LogP contribution in [0, 0.1) is 11.3 Å². The second-order valence-corrected chi connectivity index (χ2v) is 5.57. The van der Waals surface area contributed by atoms with E-state index in [0.29, 0.717) is 0 Å². The van der Waals surface area contributed by atoms with E-state index in [1.54, 1.807) is 18.0 Å². The molecular weight excluding hydrogens is 266 g/mol. The zero-order valence-electron chi connectivity index (χ0n) is 11.5. The Morgan fingerprint density at radius 2 is 2.20 bits per heavy atom. The predicted molar refractivity (Wildman–Crippen MR) is 84.0 cm³/mol. The van der Waals surface area contributed by atoms with Crippen LogP contribution in [-0.4, -0.2) is 17.3 Å². The normalized spacial score (nSPS) is 10.0. The van der Waals surface area contributed by atoms with Crippen molar-refractivity contribution in [3.05, 3.63) is 53.9 Å². The van der Waals surface area contributed by atoms with Crippen molar-refractivity contribution < 1.29 is 0 Å². The standard InChI is InChI=1S/C16H17N3S/c1-2-20-16-7-3-6-15(14(16)11-17)19-10-8-13-5-4-9-18-12-13/h3-7,9,12,19H,2,8,10H2,1H3. The van der Waals surface area contributed by atoms with E-state index >= 15 is 0 Å². The van der Waals surface area contributed by atoms with E-state index in [9.17, 15) is 5.26 Å². The Balaban J connectivity index is 2.02. The average Bonchev–Trinajstić information content (AvgIpc) is 2.49. The highest BCUT2D eigenvalue weighted by molar-refractivity contribution is 7.99. The van der Waals surface area contributed by atoms with E-state index in [4.69, 9.17) is 0 Å². The molecule has 0 aliphatic heterocycles. The van der Waals surface area contributed by atoms with Gasteiger partial charge in [0.1, 0.15) is 6.07 Å². The van der Waals surface area contributed by atoms with Crippen LogP contribution in [0.15, 0.2) is 47.6 Å². The maximum atomic E-state index is 9.33. The molecule has 0 fully saturated rings. The van der Waals surface area contributed by atoms with Gasteiger partial charge in [-0.2, -0.15) is 5.26 Å². The van der Waals surface area contributed by atoms with Gasteiger partial charge in [0.2, 0.25) is 0 Å². The van der Waals surface area contributed by atoms with Crippen molar-refractivity contribution >= 4 is 17.4 Å². The van der Waals surface area contributed by atoms with E-state index in [-0.39, 0.29) is 0 Å². The first-order valence-corrected chi connectivity index (χ1v) is 7.62. The summed E-state index contributed by atoms with van der Waals surface area (Å²) in [4.78, 5) is 5.14. The van der Waals surface area contributed by atoms with Crippen LogP contribution >= 0.6 is 11.8 Å². The molecule has 0 aliphatic rings. The molecule has 2 aromatic rings. The number of benzene rings is 1. The number of nitriles is 1. The Bertz CT molecular complexity index is 590. The van der Waals surface area contributed by atoms with Gasteiger partial charge in [-0.05, 0) is 35.9 Å². The van der Waals surface area contributed by atoms with Crippen molar-refractivity contribution in [2.75, 3.05) is 17.6 Å². The Labute approximate surface area is 124 Å². The highest BCUT2D eigenvalue weighted by Crippen LogP contribution is 2.27. The topological polar surface area (TPSA) is 48.7 Å². The minimum absolute atomic E-state index is 0.741. The first-order chi connectivity index (χ1) is 9.85. The molecule has 1 heterocycles. The van der Waals surface area contributed by atoms with E-state index < -0.39 is 0 Å². The molecule has 0 radical (unpaired) electrons. The molecular formula is C16H17N3S. The third-order valence-corrected chi connectivity index (χ3v) is 3.83. The molecule has 0 atom stereocenters. The van der Waals surface area contributed by atoms with Gasteiger partial charge in [0.05, 0.1) is 11.3 Å². The van der Waals surface area contributed by atoms with E-state index in [0.717, 1.165) is 34.9 Å². The lowest BCUT2D eigenvalue weighted by Gasteiger charge is -2.11. The van der Waals surface area contributed by atoms with Crippen molar-refractivity contribution in [3.63, 3.8) is 0 Å². The fraction of sp³-hybridized carbons (Fsp3) is 0.250. The molecule has 1 aromatic heterocycles. The Morgan fingerprint density at radius 1 is 1.30 bits per heavy atom. The summed E-state index contributed by atoms with van der Waals surface area (Å²) in [6.45, 7) is 2.88. The highest BCUT2D eigenvalue weighted by Gasteiger charge is 2.07. The summed E-state index contributed by atoms with van der Waals surface area (Å²) in [5.41, 5.74) is 2.85. The first-order valence-electron chi connectivity index (χ1n) is 6.64. The molecule has 1 N–H and O–H groups in total.